The summed E-state index contributed by atoms with van der Waals surface area (Å²) in [5.74, 6) is 6.30. The van der Waals surface area contributed by atoms with Crippen LogP contribution in [0.1, 0.15) is 6.92 Å². The third-order valence-electron chi connectivity index (χ3n) is 1.33. The Labute approximate surface area is 90.8 Å². The molecule has 0 bridgehead atoms. The molecule has 68 valence electrons. The minimum Gasteiger partial charge on any atom is -0.358 e. The van der Waals surface area contributed by atoms with Crippen molar-refractivity contribution in [1.82, 2.24) is 4.98 Å². The second-order valence-electron chi connectivity index (χ2n) is 2.26. The Balaban J connectivity index is 2.70. The number of hydrogen-bond donors (Lipinski definition) is 1. The van der Waals surface area contributed by atoms with Crippen LogP contribution in [0.5, 0.6) is 0 Å². The van der Waals surface area contributed by atoms with E-state index in [9.17, 15) is 0 Å². The zero-order valence-corrected chi connectivity index (χ0v) is 9.41. The van der Waals surface area contributed by atoms with E-state index in [-0.39, 0.29) is 0 Å². The number of anilines is 1. The van der Waals surface area contributed by atoms with Gasteiger partial charge >= 0.3 is 0 Å². The van der Waals surface area contributed by atoms with Gasteiger partial charge in [-0.25, -0.2) is 4.98 Å². The van der Waals surface area contributed by atoms with Gasteiger partial charge in [0, 0.05) is 10.7 Å². The molecule has 0 aliphatic rings. The van der Waals surface area contributed by atoms with Gasteiger partial charge in [-0.2, -0.15) is 0 Å². The molecule has 1 aromatic rings. The van der Waals surface area contributed by atoms with Crippen molar-refractivity contribution in [1.29, 1.82) is 0 Å². The van der Waals surface area contributed by atoms with Crippen LogP contribution < -0.4 is 5.32 Å². The highest BCUT2D eigenvalue weighted by Gasteiger charge is 1.99. The van der Waals surface area contributed by atoms with Crippen molar-refractivity contribution in [3.05, 3.63) is 21.8 Å². The van der Waals surface area contributed by atoms with Crippen LogP contribution in [0.3, 0.4) is 0 Å². The van der Waals surface area contributed by atoms with Crippen LogP contribution in [0.15, 0.2) is 16.7 Å². The molecule has 0 spiro atoms. The predicted molar refractivity (Wildman–Crippen MR) is 58.9 cm³/mol. The first-order chi connectivity index (χ1) is 6.24. The second kappa shape index (κ2) is 5.11. The highest BCUT2D eigenvalue weighted by molar-refractivity contribution is 9.10. The summed E-state index contributed by atoms with van der Waals surface area (Å²) < 4.78 is 0.865. The van der Waals surface area contributed by atoms with E-state index in [1.165, 1.54) is 0 Å². The standard InChI is InChI=1S/C9H8BrClN2/c1-2-3-4-12-9-8(11)5-7(10)6-13-9/h5-6H,4H2,1H3,(H,12,13). The van der Waals surface area contributed by atoms with E-state index in [4.69, 9.17) is 11.6 Å². The molecule has 0 aliphatic heterocycles. The van der Waals surface area contributed by atoms with E-state index in [0.717, 1.165) is 4.47 Å². The predicted octanol–water partition coefficient (Wildman–Crippen LogP) is 2.93. The molecule has 4 heteroatoms. The fourth-order valence-electron chi connectivity index (χ4n) is 0.761. The molecular formula is C9H8BrClN2. The number of nitrogens with zero attached hydrogens (tertiary/aromatic N) is 1. The highest BCUT2D eigenvalue weighted by atomic mass is 79.9. The summed E-state index contributed by atoms with van der Waals surface area (Å²) in [6.45, 7) is 2.35. The van der Waals surface area contributed by atoms with Crippen molar-refractivity contribution in [2.75, 3.05) is 11.9 Å². The molecule has 0 saturated carbocycles. The highest BCUT2D eigenvalue weighted by Crippen LogP contribution is 2.22. The first-order valence-electron chi connectivity index (χ1n) is 3.68. The Bertz CT molecular complexity index is 354. The first-order valence-corrected chi connectivity index (χ1v) is 4.85. The third-order valence-corrected chi connectivity index (χ3v) is 2.05. The van der Waals surface area contributed by atoms with Gasteiger partial charge in [0.2, 0.25) is 0 Å². The molecule has 0 unspecified atom stereocenters. The van der Waals surface area contributed by atoms with Gasteiger partial charge in [0.25, 0.3) is 0 Å². The maximum atomic E-state index is 5.91. The maximum absolute atomic E-state index is 5.91. The molecule has 0 atom stereocenters. The summed E-state index contributed by atoms with van der Waals surface area (Å²) >= 11 is 9.18. The summed E-state index contributed by atoms with van der Waals surface area (Å²) in [6.07, 6.45) is 1.69. The van der Waals surface area contributed by atoms with E-state index in [1.807, 2.05) is 0 Å². The smallest absolute Gasteiger partial charge is 0.145 e. The number of hydrogen-bond acceptors (Lipinski definition) is 2. The minimum absolute atomic E-state index is 0.560. The molecular weight excluding hydrogens is 251 g/mol. The quantitative estimate of drug-likeness (QED) is 0.826. The zero-order valence-electron chi connectivity index (χ0n) is 7.06. The van der Waals surface area contributed by atoms with Crippen molar-refractivity contribution in [3.63, 3.8) is 0 Å². The zero-order chi connectivity index (χ0) is 9.68. The summed E-state index contributed by atoms with van der Waals surface area (Å²) in [5, 5.41) is 3.59. The molecule has 1 N–H and O–H groups in total. The Kier molecular flexibility index (Phi) is 4.07. The molecule has 13 heavy (non-hydrogen) atoms. The summed E-state index contributed by atoms with van der Waals surface area (Å²) in [5.41, 5.74) is 0. The van der Waals surface area contributed by atoms with Crippen molar-refractivity contribution in [2.24, 2.45) is 0 Å². The van der Waals surface area contributed by atoms with Crippen LogP contribution in [-0.2, 0) is 0 Å². The van der Waals surface area contributed by atoms with Gasteiger partial charge in [0.15, 0.2) is 0 Å². The summed E-state index contributed by atoms with van der Waals surface area (Å²) in [6, 6.07) is 1.79. The average molecular weight is 260 g/mol. The molecule has 1 heterocycles. The molecule has 1 rings (SSSR count). The van der Waals surface area contributed by atoms with Gasteiger partial charge in [0.05, 0.1) is 11.6 Å². The van der Waals surface area contributed by atoms with Gasteiger partial charge in [-0.05, 0) is 28.9 Å². The van der Waals surface area contributed by atoms with E-state index in [1.54, 1.807) is 19.2 Å². The largest absolute Gasteiger partial charge is 0.358 e. The molecule has 0 radical (unpaired) electrons. The number of halogens is 2. The normalized spacial score (nSPS) is 8.85. The van der Waals surface area contributed by atoms with Crippen LogP contribution in [0, 0.1) is 11.8 Å². The second-order valence-corrected chi connectivity index (χ2v) is 3.59. The Morgan fingerprint density at radius 3 is 3.08 bits per heavy atom. The van der Waals surface area contributed by atoms with E-state index < -0.39 is 0 Å². The Morgan fingerprint density at radius 1 is 1.69 bits per heavy atom. The fourth-order valence-corrected chi connectivity index (χ4v) is 1.46. The van der Waals surface area contributed by atoms with Crippen molar-refractivity contribution >= 4 is 33.3 Å². The molecule has 0 aliphatic carbocycles. The van der Waals surface area contributed by atoms with Gasteiger partial charge in [-0.3, -0.25) is 0 Å². The van der Waals surface area contributed by atoms with Gasteiger partial charge in [-0.15, -0.1) is 5.92 Å². The molecule has 0 aromatic carbocycles. The van der Waals surface area contributed by atoms with Gasteiger partial charge in [0.1, 0.15) is 5.82 Å². The summed E-state index contributed by atoms with van der Waals surface area (Å²) in [7, 11) is 0. The maximum Gasteiger partial charge on any atom is 0.145 e. The van der Waals surface area contributed by atoms with Crippen molar-refractivity contribution < 1.29 is 0 Å². The number of aromatic nitrogens is 1. The first kappa shape index (κ1) is 10.4. The SMILES string of the molecule is CC#CCNc1ncc(Br)cc1Cl. The topological polar surface area (TPSA) is 24.9 Å². The van der Waals surface area contributed by atoms with E-state index in [2.05, 4.69) is 38.1 Å². The third kappa shape index (κ3) is 3.25. The lowest BCUT2D eigenvalue weighted by Gasteiger charge is -2.03. The Hall–Kier alpha value is -0.720. The number of nitrogens with one attached hydrogen (secondary N) is 1. The van der Waals surface area contributed by atoms with Gasteiger partial charge < -0.3 is 5.32 Å². The molecule has 0 saturated heterocycles. The lowest BCUT2D eigenvalue weighted by atomic mass is 10.4. The van der Waals surface area contributed by atoms with Crippen LogP contribution in [0.2, 0.25) is 5.02 Å². The van der Waals surface area contributed by atoms with E-state index in [0.29, 0.717) is 17.4 Å². The van der Waals surface area contributed by atoms with E-state index >= 15 is 0 Å². The van der Waals surface area contributed by atoms with Crippen molar-refractivity contribution in [2.45, 2.75) is 6.92 Å². The minimum atomic E-state index is 0.560. The Morgan fingerprint density at radius 2 is 2.46 bits per heavy atom. The molecule has 0 fully saturated rings. The molecule has 2 nitrogen and oxygen atoms in total. The van der Waals surface area contributed by atoms with Crippen LogP contribution in [0.4, 0.5) is 5.82 Å². The number of pyridine rings is 1. The number of rotatable bonds is 2. The van der Waals surface area contributed by atoms with Crippen LogP contribution in [-0.4, -0.2) is 11.5 Å². The van der Waals surface area contributed by atoms with Crippen LogP contribution >= 0.6 is 27.5 Å². The average Bonchev–Trinajstić information content (AvgIpc) is 2.09. The lowest BCUT2D eigenvalue weighted by molar-refractivity contribution is 1.23. The van der Waals surface area contributed by atoms with Gasteiger partial charge in [-0.1, -0.05) is 17.5 Å². The monoisotopic (exact) mass is 258 g/mol. The lowest BCUT2D eigenvalue weighted by Crippen LogP contribution is -2.01. The van der Waals surface area contributed by atoms with Crippen molar-refractivity contribution in [3.8, 4) is 11.8 Å². The molecule has 0 amide bonds. The fraction of sp³-hybridized carbons (Fsp3) is 0.222. The summed E-state index contributed by atoms with van der Waals surface area (Å²) in [4.78, 5) is 4.09. The molecule has 1 aromatic heterocycles. The van der Waals surface area contributed by atoms with Crippen LogP contribution in [0.25, 0.3) is 0 Å².